The summed E-state index contributed by atoms with van der Waals surface area (Å²) in [6.45, 7) is 0. The molecule has 0 saturated heterocycles. The summed E-state index contributed by atoms with van der Waals surface area (Å²) in [4.78, 5) is 27.9. The van der Waals surface area contributed by atoms with E-state index in [-0.39, 0.29) is 10.8 Å². The van der Waals surface area contributed by atoms with E-state index >= 15 is 0 Å². The van der Waals surface area contributed by atoms with Crippen LogP contribution in [0.1, 0.15) is 10.5 Å². The van der Waals surface area contributed by atoms with Crippen LogP contribution in [0.15, 0.2) is 12.4 Å². The highest BCUT2D eigenvalue weighted by Crippen LogP contribution is 2.08. The first-order valence-electron chi connectivity index (χ1n) is 2.87. The first-order valence-corrected chi connectivity index (χ1v) is 3.25. The van der Waals surface area contributed by atoms with Gasteiger partial charge in [0.2, 0.25) is 0 Å². The molecular weight excluding hydrogens is 184 g/mol. The third-order valence-electron chi connectivity index (χ3n) is 1.06. The molecule has 0 aromatic carbocycles. The quantitative estimate of drug-likeness (QED) is 0.534. The Kier molecular flexibility index (Phi) is 2.35. The van der Waals surface area contributed by atoms with E-state index in [1.165, 1.54) is 12.4 Å². The zero-order chi connectivity index (χ0) is 9.14. The zero-order valence-corrected chi connectivity index (χ0v) is 6.45. The van der Waals surface area contributed by atoms with Crippen LogP contribution < -0.4 is 0 Å². The largest absolute Gasteiger partial charge is 0.475 e. The number of ketones is 1. The minimum Gasteiger partial charge on any atom is -0.475 e. The second-order valence-corrected chi connectivity index (χ2v) is 2.19. The van der Waals surface area contributed by atoms with Gasteiger partial charge in [0, 0.05) is 12.4 Å². The van der Waals surface area contributed by atoms with Gasteiger partial charge in [0.05, 0.1) is 0 Å². The first-order chi connectivity index (χ1) is 5.63. The molecule has 6 heteroatoms. The Balaban J connectivity index is 3.11. The summed E-state index contributed by atoms with van der Waals surface area (Å²) >= 11 is 5.41. The van der Waals surface area contributed by atoms with Gasteiger partial charge in [0.1, 0.15) is 0 Å². The third-order valence-corrected chi connectivity index (χ3v) is 1.34. The fourth-order valence-corrected chi connectivity index (χ4v) is 0.766. The Hall–Kier alpha value is -1.49. The summed E-state index contributed by atoms with van der Waals surface area (Å²) < 4.78 is 0. The number of hydrogen-bond donors (Lipinski definition) is 1. The number of rotatable bonds is 2. The van der Waals surface area contributed by atoms with Gasteiger partial charge in [0.25, 0.3) is 5.78 Å². The number of hydrogen-bond acceptors (Lipinski definition) is 4. The van der Waals surface area contributed by atoms with E-state index in [0.29, 0.717) is 0 Å². The maximum Gasteiger partial charge on any atom is 0.379 e. The molecule has 0 spiro atoms. The van der Waals surface area contributed by atoms with E-state index < -0.39 is 11.8 Å². The standard InChI is InChI=1S/C6H3ClN2O3/c7-5-3(4(10)6(11)12)8-1-2-9-5/h1-2H,(H,11,12). The topological polar surface area (TPSA) is 80.1 Å². The van der Waals surface area contributed by atoms with Gasteiger partial charge in [0.15, 0.2) is 10.8 Å². The molecule has 1 heterocycles. The molecule has 1 aromatic rings. The highest BCUT2D eigenvalue weighted by molar-refractivity contribution is 6.43. The highest BCUT2D eigenvalue weighted by atomic mass is 35.5. The molecule has 5 nitrogen and oxygen atoms in total. The summed E-state index contributed by atoms with van der Waals surface area (Å²) in [6, 6.07) is 0. The van der Waals surface area contributed by atoms with Crippen molar-refractivity contribution in [3.8, 4) is 0 Å². The maximum atomic E-state index is 10.8. The molecule has 0 unspecified atom stereocenters. The lowest BCUT2D eigenvalue weighted by atomic mass is 10.3. The predicted octanol–water partition coefficient (Wildman–Crippen LogP) is 0.397. The molecule has 0 bridgehead atoms. The summed E-state index contributed by atoms with van der Waals surface area (Å²) in [5.74, 6) is -2.76. The molecule has 0 aliphatic heterocycles. The smallest absolute Gasteiger partial charge is 0.379 e. The Bertz CT molecular complexity index is 339. The Labute approximate surface area is 72.0 Å². The van der Waals surface area contributed by atoms with Gasteiger partial charge in [-0.05, 0) is 0 Å². The lowest BCUT2D eigenvalue weighted by Gasteiger charge is -1.94. The van der Waals surface area contributed by atoms with Crippen LogP contribution >= 0.6 is 11.6 Å². The van der Waals surface area contributed by atoms with Gasteiger partial charge in [-0.2, -0.15) is 0 Å². The van der Waals surface area contributed by atoms with Gasteiger partial charge >= 0.3 is 5.97 Å². The van der Waals surface area contributed by atoms with Crippen molar-refractivity contribution in [3.05, 3.63) is 23.2 Å². The Morgan fingerprint density at radius 2 is 1.92 bits per heavy atom. The van der Waals surface area contributed by atoms with Crippen molar-refractivity contribution in [2.75, 3.05) is 0 Å². The number of Topliss-reactive ketones (excluding diaryl/α,β-unsaturated/α-hetero) is 1. The third kappa shape index (κ3) is 1.57. The van der Waals surface area contributed by atoms with E-state index in [4.69, 9.17) is 16.7 Å². The molecule has 0 aliphatic rings. The van der Waals surface area contributed by atoms with Crippen molar-refractivity contribution in [1.82, 2.24) is 9.97 Å². The molecular formula is C6H3ClN2O3. The van der Waals surface area contributed by atoms with Crippen LogP contribution in [0.4, 0.5) is 0 Å². The Morgan fingerprint density at radius 1 is 1.33 bits per heavy atom. The molecule has 1 aromatic heterocycles. The van der Waals surface area contributed by atoms with E-state index in [0.717, 1.165) is 0 Å². The van der Waals surface area contributed by atoms with E-state index in [9.17, 15) is 9.59 Å². The van der Waals surface area contributed by atoms with Gasteiger partial charge in [-0.15, -0.1) is 0 Å². The minimum absolute atomic E-state index is 0.204. The van der Waals surface area contributed by atoms with Crippen molar-refractivity contribution in [2.45, 2.75) is 0 Å². The van der Waals surface area contributed by atoms with Crippen molar-refractivity contribution in [2.24, 2.45) is 0 Å². The highest BCUT2D eigenvalue weighted by Gasteiger charge is 2.19. The van der Waals surface area contributed by atoms with Crippen LogP contribution in [-0.2, 0) is 4.79 Å². The van der Waals surface area contributed by atoms with E-state index in [1.807, 2.05) is 0 Å². The SMILES string of the molecule is O=C(O)C(=O)c1nccnc1Cl. The normalized spacial score (nSPS) is 9.42. The van der Waals surface area contributed by atoms with Crippen LogP contribution in [0.3, 0.4) is 0 Å². The lowest BCUT2D eigenvalue weighted by molar-refractivity contribution is -0.131. The second kappa shape index (κ2) is 3.27. The predicted molar refractivity (Wildman–Crippen MR) is 39.0 cm³/mol. The first kappa shape index (κ1) is 8.61. The molecule has 0 amide bonds. The molecule has 0 atom stereocenters. The van der Waals surface area contributed by atoms with Gasteiger partial charge in [-0.25, -0.2) is 14.8 Å². The van der Waals surface area contributed by atoms with Crippen LogP contribution in [0, 0.1) is 0 Å². The number of halogens is 1. The fraction of sp³-hybridized carbons (Fsp3) is 0. The molecule has 1 N–H and O–H groups in total. The average Bonchev–Trinajstić information content (AvgIpc) is 2.04. The van der Waals surface area contributed by atoms with Crippen LogP contribution in [-0.4, -0.2) is 26.8 Å². The van der Waals surface area contributed by atoms with Crippen molar-refractivity contribution in [3.63, 3.8) is 0 Å². The maximum absolute atomic E-state index is 10.8. The summed E-state index contributed by atoms with van der Waals surface area (Å²) in [7, 11) is 0. The summed E-state index contributed by atoms with van der Waals surface area (Å²) in [5, 5.41) is 8.08. The molecule has 1 rings (SSSR count). The number of carboxylic acid groups (broad SMARTS) is 1. The molecule has 0 saturated carbocycles. The van der Waals surface area contributed by atoms with Crippen molar-refractivity contribution >= 4 is 23.4 Å². The summed E-state index contributed by atoms with van der Waals surface area (Å²) in [5.41, 5.74) is -0.341. The number of carbonyl (C=O) groups excluding carboxylic acids is 1. The van der Waals surface area contributed by atoms with Crippen LogP contribution in [0.25, 0.3) is 0 Å². The lowest BCUT2D eigenvalue weighted by Crippen LogP contribution is -2.15. The monoisotopic (exact) mass is 186 g/mol. The molecule has 0 radical (unpaired) electrons. The molecule has 62 valence electrons. The van der Waals surface area contributed by atoms with Gasteiger partial charge < -0.3 is 5.11 Å². The second-order valence-electron chi connectivity index (χ2n) is 1.83. The number of carbonyl (C=O) groups is 2. The molecule has 0 fully saturated rings. The van der Waals surface area contributed by atoms with E-state index in [2.05, 4.69) is 9.97 Å². The molecule has 12 heavy (non-hydrogen) atoms. The number of aliphatic carboxylic acids is 1. The summed E-state index contributed by atoms with van der Waals surface area (Å²) in [6.07, 6.45) is 2.46. The van der Waals surface area contributed by atoms with Crippen LogP contribution in [0.5, 0.6) is 0 Å². The fourth-order valence-electron chi connectivity index (χ4n) is 0.575. The Morgan fingerprint density at radius 3 is 2.42 bits per heavy atom. The van der Waals surface area contributed by atoms with Crippen molar-refractivity contribution in [1.29, 1.82) is 0 Å². The number of aromatic nitrogens is 2. The van der Waals surface area contributed by atoms with E-state index in [1.54, 1.807) is 0 Å². The van der Waals surface area contributed by atoms with Gasteiger partial charge in [-0.3, -0.25) is 4.79 Å². The molecule has 0 aliphatic carbocycles. The van der Waals surface area contributed by atoms with Gasteiger partial charge in [-0.1, -0.05) is 11.6 Å². The number of nitrogens with zero attached hydrogens (tertiary/aromatic N) is 2. The zero-order valence-electron chi connectivity index (χ0n) is 5.69. The van der Waals surface area contributed by atoms with Crippen LogP contribution in [0.2, 0.25) is 5.15 Å². The minimum atomic E-state index is -1.60. The average molecular weight is 187 g/mol. The van der Waals surface area contributed by atoms with Crippen molar-refractivity contribution < 1.29 is 14.7 Å². The number of carboxylic acids is 1.